The molecule has 0 aliphatic carbocycles. The van der Waals surface area contributed by atoms with E-state index >= 15 is 0 Å². The minimum absolute atomic E-state index is 0.0953. The highest BCUT2D eigenvalue weighted by atomic mass is 16.1. The monoisotopic (exact) mass is 426 g/mol. The lowest BCUT2D eigenvalue weighted by Gasteiger charge is -2.19. The maximum atomic E-state index is 12.9. The van der Waals surface area contributed by atoms with Crippen molar-refractivity contribution >= 4 is 28.1 Å². The molecule has 2 heterocycles. The molecule has 2 N–H and O–H groups in total. The van der Waals surface area contributed by atoms with E-state index in [9.17, 15) is 4.79 Å². The molecule has 0 radical (unpaired) electrons. The van der Waals surface area contributed by atoms with Crippen molar-refractivity contribution in [1.82, 2.24) is 14.5 Å². The van der Waals surface area contributed by atoms with Crippen LogP contribution < -0.4 is 5.32 Å². The van der Waals surface area contributed by atoms with Gasteiger partial charge in [0.2, 0.25) is 5.91 Å². The molecular formula is C27H30N4O. The number of aryl methyl sites for hydroxylation is 1. The van der Waals surface area contributed by atoms with Crippen LogP contribution in [0.5, 0.6) is 0 Å². The SMILES string of the molecule is CC(C)(C)c1ccc(/C(=C/C(=O)Nc2ccc3[nH]ccc3c2)CCCn2ccnc2)cc1. The van der Waals surface area contributed by atoms with Crippen LogP contribution in [0.25, 0.3) is 16.5 Å². The number of benzene rings is 2. The van der Waals surface area contributed by atoms with Gasteiger partial charge in [-0.3, -0.25) is 4.79 Å². The number of nitrogens with zero attached hydrogens (tertiary/aromatic N) is 2. The molecule has 1 amide bonds. The van der Waals surface area contributed by atoms with Crippen LogP contribution in [-0.4, -0.2) is 20.4 Å². The van der Waals surface area contributed by atoms with E-state index in [0.717, 1.165) is 47.1 Å². The smallest absolute Gasteiger partial charge is 0.248 e. The second kappa shape index (κ2) is 9.27. The van der Waals surface area contributed by atoms with E-state index in [4.69, 9.17) is 0 Å². The second-order valence-corrected chi connectivity index (χ2v) is 9.17. The summed E-state index contributed by atoms with van der Waals surface area (Å²) in [6.07, 6.45) is 10.9. The van der Waals surface area contributed by atoms with Crippen LogP contribution in [0.15, 0.2) is 79.5 Å². The molecule has 0 fully saturated rings. The number of carbonyl (C=O) groups excluding carboxylic acids is 1. The molecule has 0 unspecified atom stereocenters. The molecule has 0 saturated heterocycles. The first-order valence-electron chi connectivity index (χ1n) is 11.0. The Bertz CT molecular complexity index is 1210. The molecule has 0 aliphatic rings. The Hall–Kier alpha value is -3.60. The highest BCUT2D eigenvalue weighted by Crippen LogP contribution is 2.27. The van der Waals surface area contributed by atoms with Gasteiger partial charge < -0.3 is 14.9 Å². The Morgan fingerprint density at radius 2 is 1.94 bits per heavy atom. The number of amides is 1. The topological polar surface area (TPSA) is 62.7 Å². The molecule has 0 saturated carbocycles. The second-order valence-electron chi connectivity index (χ2n) is 9.17. The van der Waals surface area contributed by atoms with Crippen LogP contribution in [0.1, 0.15) is 44.7 Å². The lowest BCUT2D eigenvalue weighted by molar-refractivity contribution is -0.111. The van der Waals surface area contributed by atoms with Gasteiger partial charge in [-0.15, -0.1) is 0 Å². The van der Waals surface area contributed by atoms with Crippen molar-refractivity contribution in [3.05, 3.63) is 90.7 Å². The number of H-pyrrole nitrogens is 1. The summed E-state index contributed by atoms with van der Waals surface area (Å²) in [5.74, 6) is -0.114. The fraction of sp³-hybridized carbons (Fsp3) is 0.259. The Labute approximate surface area is 189 Å². The van der Waals surface area contributed by atoms with E-state index in [1.165, 1.54) is 5.56 Å². The Balaban J connectivity index is 1.53. The van der Waals surface area contributed by atoms with Gasteiger partial charge in [-0.25, -0.2) is 4.98 Å². The van der Waals surface area contributed by atoms with Crippen LogP contribution in [-0.2, 0) is 16.8 Å². The van der Waals surface area contributed by atoms with Gasteiger partial charge in [0.1, 0.15) is 0 Å². The van der Waals surface area contributed by atoms with Crippen LogP contribution in [0.3, 0.4) is 0 Å². The van der Waals surface area contributed by atoms with Crippen molar-refractivity contribution in [3.8, 4) is 0 Å². The lowest BCUT2D eigenvalue weighted by atomic mass is 9.86. The highest BCUT2D eigenvalue weighted by Gasteiger charge is 2.14. The molecule has 0 bridgehead atoms. The average molecular weight is 427 g/mol. The third kappa shape index (κ3) is 5.35. The number of carbonyl (C=O) groups is 1. The van der Waals surface area contributed by atoms with Gasteiger partial charge >= 0.3 is 0 Å². The number of aromatic amines is 1. The fourth-order valence-corrected chi connectivity index (χ4v) is 3.82. The molecule has 5 heteroatoms. The van der Waals surface area contributed by atoms with E-state index in [1.807, 2.05) is 43.0 Å². The predicted octanol–water partition coefficient (Wildman–Crippen LogP) is 6.16. The van der Waals surface area contributed by atoms with Crippen LogP contribution in [0, 0.1) is 0 Å². The molecule has 0 spiro atoms. The van der Waals surface area contributed by atoms with Gasteiger partial charge in [-0.05, 0) is 59.2 Å². The van der Waals surface area contributed by atoms with E-state index in [0.29, 0.717) is 0 Å². The van der Waals surface area contributed by atoms with Gasteiger partial charge in [0.05, 0.1) is 6.33 Å². The molecule has 32 heavy (non-hydrogen) atoms. The van der Waals surface area contributed by atoms with Crippen molar-refractivity contribution in [2.24, 2.45) is 0 Å². The average Bonchev–Trinajstić information content (AvgIpc) is 3.44. The summed E-state index contributed by atoms with van der Waals surface area (Å²) in [4.78, 5) is 20.2. The van der Waals surface area contributed by atoms with Gasteiger partial charge in [0, 0.05) is 47.8 Å². The summed E-state index contributed by atoms with van der Waals surface area (Å²) in [6, 6.07) is 16.5. The molecule has 4 aromatic rings. The van der Waals surface area contributed by atoms with E-state index in [-0.39, 0.29) is 11.3 Å². The summed E-state index contributed by atoms with van der Waals surface area (Å²) in [5.41, 5.74) is 5.34. The van der Waals surface area contributed by atoms with Gasteiger partial charge in [-0.1, -0.05) is 45.0 Å². The minimum atomic E-state index is -0.114. The summed E-state index contributed by atoms with van der Waals surface area (Å²) in [6.45, 7) is 7.49. The molecule has 2 aromatic heterocycles. The number of nitrogens with one attached hydrogen (secondary N) is 2. The fourth-order valence-electron chi connectivity index (χ4n) is 3.82. The first kappa shape index (κ1) is 21.6. The maximum absolute atomic E-state index is 12.9. The maximum Gasteiger partial charge on any atom is 0.248 e. The Morgan fingerprint density at radius 3 is 2.66 bits per heavy atom. The number of imidazole rings is 1. The molecule has 4 rings (SSSR count). The van der Waals surface area contributed by atoms with Crippen LogP contribution in [0.2, 0.25) is 0 Å². The number of allylic oxidation sites excluding steroid dienone is 1. The summed E-state index contributed by atoms with van der Waals surface area (Å²) >= 11 is 0. The number of rotatable bonds is 7. The van der Waals surface area contributed by atoms with Crippen molar-refractivity contribution in [1.29, 1.82) is 0 Å². The number of hydrogen-bond acceptors (Lipinski definition) is 2. The summed E-state index contributed by atoms with van der Waals surface area (Å²) < 4.78 is 2.06. The third-order valence-corrected chi connectivity index (χ3v) is 5.67. The predicted molar refractivity (Wildman–Crippen MR) is 132 cm³/mol. The van der Waals surface area contributed by atoms with Crippen molar-refractivity contribution in [3.63, 3.8) is 0 Å². The highest BCUT2D eigenvalue weighted by molar-refractivity contribution is 6.04. The molecular weight excluding hydrogens is 396 g/mol. The number of aromatic nitrogens is 3. The number of anilines is 1. The van der Waals surface area contributed by atoms with E-state index in [2.05, 4.69) is 64.9 Å². The largest absolute Gasteiger partial charge is 0.361 e. The van der Waals surface area contributed by atoms with Crippen molar-refractivity contribution in [2.45, 2.75) is 45.6 Å². The Morgan fingerprint density at radius 1 is 1.12 bits per heavy atom. The zero-order chi connectivity index (χ0) is 22.6. The standard InChI is InChI=1S/C27H30N4O/c1-27(2,3)23-8-6-20(7-9-23)21(5-4-15-31-16-14-28-19-31)18-26(32)30-24-10-11-25-22(17-24)12-13-29-25/h6-14,16-19,29H,4-5,15H2,1-3H3,(H,30,32)/b21-18+. The number of hydrogen-bond donors (Lipinski definition) is 2. The molecule has 0 atom stereocenters. The first-order valence-corrected chi connectivity index (χ1v) is 11.0. The third-order valence-electron chi connectivity index (χ3n) is 5.67. The van der Waals surface area contributed by atoms with Gasteiger partial charge in [-0.2, -0.15) is 0 Å². The normalized spacial score (nSPS) is 12.3. The van der Waals surface area contributed by atoms with Gasteiger partial charge in [0.15, 0.2) is 0 Å². The molecule has 2 aromatic carbocycles. The van der Waals surface area contributed by atoms with Crippen LogP contribution >= 0.6 is 0 Å². The first-order chi connectivity index (χ1) is 15.4. The van der Waals surface area contributed by atoms with E-state index in [1.54, 1.807) is 12.3 Å². The van der Waals surface area contributed by atoms with Crippen molar-refractivity contribution < 1.29 is 4.79 Å². The number of fused-ring (bicyclic) bond motifs is 1. The molecule has 5 nitrogen and oxygen atoms in total. The summed E-state index contributed by atoms with van der Waals surface area (Å²) in [5, 5.41) is 4.09. The zero-order valence-electron chi connectivity index (χ0n) is 18.9. The molecule has 164 valence electrons. The quantitative estimate of drug-likeness (QED) is 0.347. The zero-order valence-corrected chi connectivity index (χ0v) is 18.9. The summed E-state index contributed by atoms with van der Waals surface area (Å²) in [7, 11) is 0. The molecule has 0 aliphatic heterocycles. The van der Waals surface area contributed by atoms with E-state index < -0.39 is 0 Å². The Kier molecular flexibility index (Phi) is 6.26. The lowest BCUT2D eigenvalue weighted by Crippen LogP contribution is -2.11. The van der Waals surface area contributed by atoms with Crippen LogP contribution in [0.4, 0.5) is 5.69 Å². The minimum Gasteiger partial charge on any atom is -0.361 e. The van der Waals surface area contributed by atoms with Gasteiger partial charge in [0.25, 0.3) is 0 Å². The van der Waals surface area contributed by atoms with Crippen molar-refractivity contribution in [2.75, 3.05) is 5.32 Å².